The van der Waals surface area contributed by atoms with Crippen LogP contribution in [0.25, 0.3) is 10.2 Å². The van der Waals surface area contributed by atoms with Gasteiger partial charge in [-0.05, 0) is 12.5 Å². The summed E-state index contributed by atoms with van der Waals surface area (Å²) in [7, 11) is 0. The summed E-state index contributed by atoms with van der Waals surface area (Å²) in [4.78, 5) is 0.983. The lowest BCUT2D eigenvalue weighted by atomic mass is 10.3. The highest BCUT2D eigenvalue weighted by atomic mass is 32.1. The molecule has 2 heterocycles. The lowest BCUT2D eigenvalue weighted by Gasteiger charge is -1.86. The molecule has 0 aliphatic carbocycles. The Bertz CT molecular complexity index is 391. The zero-order chi connectivity index (χ0) is 8.55. The molecule has 0 aliphatic heterocycles. The van der Waals surface area contributed by atoms with Gasteiger partial charge in [-0.1, -0.05) is 6.92 Å². The van der Waals surface area contributed by atoms with Gasteiger partial charge in [0.1, 0.15) is 5.52 Å². The second kappa shape index (κ2) is 2.88. The van der Waals surface area contributed by atoms with Crippen LogP contribution < -0.4 is 0 Å². The highest BCUT2D eigenvalue weighted by Gasteiger charge is 2.07. The summed E-state index contributed by atoms with van der Waals surface area (Å²) in [5, 5.41) is 16.0. The monoisotopic (exact) mass is 182 g/mol. The van der Waals surface area contributed by atoms with Gasteiger partial charge >= 0.3 is 0 Å². The molecule has 0 unspecified atom stereocenters. The summed E-state index contributed by atoms with van der Waals surface area (Å²) in [6.45, 7) is 2.20. The third kappa shape index (κ3) is 1.04. The van der Waals surface area contributed by atoms with E-state index in [0.717, 1.165) is 22.5 Å². The third-order valence-electron chi connectivity index (χ3n) is 1.86. The molecule has 0 bridgehead atoms. The average Bonchev–Trinajstić information content (AvgIpc) is 2.61. The molecule has 0 radical (unpaired) electrons. The number of aromatic nitrogens is 2. The van der Waals surface area contributed by atoms with Gasteiger partial charge in [-0.15, -0.1) is 11.3 Å². The summed E-state index contributed by atoms with van der Waals surface area (Å²) >= 11 is 1.61. The zero-order valence-electron chi connectivity index (χ0n) is 6.79. The Morgan fingerprint density at radius 3 is 3.17 bits per heavy atom. The van der Waals surface area contributed by atoms with Crippen LogP contribution in [0.15, 0.2) is 6.07 Å². The Kier molecular flexibility index (Phi) is 1.86. The number of hydrogen-bond donors (Lipinski definition) is 2. The first kappa shape index (κ1) is 7.76. The second-order valence-corrected chi connectivity index (χ2v) is 3.78. The molecular formula is C8H10N2OS. The summed E-state index contributed by atoms with van der Waals surface area (Å²) in [5.74, 6) is 0. The van der Waals surface area contributed by atoms with E-state index in [1.54, 1.807) is 11.3 Å². The van der Waals surface area contributed by atoms with Crippen molar-refractivity contribution in [3.63, 3.8) is 0 Å². The van der Waals surface area contributed by atoms with Crippen LogP contribution in [0.2, 0.25) is 0 Å². The van der Waals surface area contributed by atoms with Gasteiger partial charge in [-0.2, -0.15) is 5.10 Å². The van der Waals surface area contributed by atoms with Crippen molar-refractivity contribution in [1.82, 2.24) is 10.2 Å². The molecule has 0 saturated carbocycles. The average molecular weight is 182 g/mol. The largest absolute Gasteiger partial charge is 0.391 e. The summed E-state index contributed by atoms with van der Waals surface area (Å²) < 4.78 is 1.18. The van der Waals surface area contributed by atoms with Gasteiger partial charge < -0.3 is 5.11 Å². The van der Waals surface area contributed by atoms with Crippen molar-refractivity contribution in [1.29, 1.82) is 0 Å². The van der Waals surface area contributed by atoms with E-state index in [-0.39, 0.29) is 6.61 Å². The van der Waals surface area contributed by atoms with E-state index in [9.17, 15) is 0 Å². The van der Waals surface area contributed by atoms with Crippen LogP contribution in [0.3, 0.4) is 0 Å². The van der Waals surface area contributed by atoms with Gasteiger partial charge in [-0.3, -0.25) is 5.10 Å². The van der Waals surface area contributed by atoms with Crippen LogP contribution in [0.1, 0.15) is 17.5 Å². The molecule has 2 rings (SSSR count). The predicted molar refractivity (Wildman–Crippen MR) is 49.3 cm³/mol. The molecule has 0 atom stereocenters. The topological polar surface area (TPSA) is 48.9 Å². The third-order valence-corrected chi connectivity index (χ3v) is 3.03. The second-order valence-electron chi connectivity index (χ2n) is 2.64. The molecule has 0 fully saturated rings. The number of H-pyrrole nitrogens is 1. The molecular weight excluding hydrogens is 172 g/mol. The number of aryl methyl sites for hydroxylation is 1. The molecule has 4 heteroatoms. The van der Waals surface area contributed by atoms with Crippen molar-refractivity contribution < 1.29 is 5.11 Å². The SMILES string of the molecule is CCc1[nH]nc2cc(CO)sc12. The van der Waals surface area contributed by atoms with E-state index >= 15 is 0 Å². The number of rotatable bonds is 2. The minimum atomic E-state index is 0.115. The van der Waals surface area contributed by atoms with Crippen molar-refractivity contribution in [2.45, 2.75) is 20.0 Å². The van der Waals surface area contributed by atoms with E-state index in [1.807, 2.05) is 6.07 Å². The standard InChI is InChI=1S/C8H10N2OS/c1-2-6-8-7(10-9-6)3-5(4-11)12-8/h3,11H,2,4H2,1H3,(H,9,10). The molecule has 0 spiro atoms. The maximum atomic E-state index is 8.89. The van der Waals surface area contributed by atoms with E-state index in [1.165, 1.54) is 4.70 Å². The van der Waals surface area contributed by atoms with Crippen molar-refractivity contribution in [2.75, 3.05) is 0 Å². The lowest BCUT2D eigenvalue weighted by molar-refractivity contribution is 0.285. The van der Waals surface area contributed by atoms with Gasteiger partial charge in [0.05, 0.1) is 17.0 Å². The maximum Gasteiger partial charge on any atom is 0.103 e. The number of hydrogen-bond acceptors (Lipinski definition) is 3. The van der Waals surface area contributed by atoms with Crippen molar-refractivity contribution in [3.8, 4) is 0 Å². The van der Waals surface area contributed by atoms with Crippen LogP contribution in [-0.4, -0.2) is 15.3 Å². The number of nitrogens with zero attached hydrogens (tertiary/aromatic N) is 1. The lowest BCUT2D eigenvalue weighted by Crippen LogP contribution is -1.78. The molecule has 2 N–H and O–H groups in total. The molecule has 3 nitrogen and oxygen atoms in total. The smallest absolute Gasteiger partial charge is 0.103 e. The number of aromatic amines is 1. The van der Waals surface area contributed by atoms with Crippen molar-refractivity contribution in [3.05, 3.63) is 16.6 Å². The number of fused-ring (bicyclic) bond motifs is 1. The summed E-state index contributed by atoms with van der Waals surface area (Å²) in [6, 6.07) is 1.93. The Labute approximate surface area is 74.0 Å². The Morgan fingerprint density at radius 2 is 2.50 bits per heavy atom. The molecule has 0 aliphatic rings. The number of aliphatic hydroxyl groups is 1. The number of thiophene rings is 1. The first-order valence-electron chi connectivity index (χ1n) is 3.91. The Hall–Kier alpha value is -0.870. The van der Waals surface area contributed by atoms with Crippen LogP contribution >= 0.6 is 11.3 Å². The molecule has 0 amide bonds. The van der Waals surface area contributed by atoms with Crippen molar-refractivity contribution >= 4 is 21.6 Å². The van der Waals surface area contributed by atoms with Gasteiger partial charge in [0.2, 0.25) is 0 Å². The van der Waals surface area contributed by atoms with Gasteiger partial charge in [-0.25, -0.2) is 0 Å². The summed E-state index contributed by atoms with van der Waals surface area (Å²) in [6.07, 6.45) is 0.960. The quantitative estimate of drug-likeness (QED) is 0.742. The fourth-order valence-corrected chi connectivity index (χ4v) is 2.25. The van der Waals surface area contributed by atoms with Crippen LogP contribution in [-0.2, 0) is 13.0 Å². The van der Waals surface area contributed by atoms with E-state index in [2.05, 4.69) is 17.1 Å². The van der Waals surface area contributed by atoms with Crippen LogP contribution in [0, 0.1) is 0 Å². The van der Waals surface area contributed by atoms with Gasteiger partial charge in [0, 0.05) is 4.88 Å². The van der Waals surface area contributed by atoms with Crippen molar-refractivity contribution in [2.24, 2.45) is 0 Å². The fraction of sp³-hybridized carbons (Fsp3) is 0.375. The minimum absolute atomic E-state index is 0.115. The number of nitrogens with one attached hydrogen (secondary N) is 1. The zero-order valence-corrected chi connectivity index (χ0v) is 7.61. The highest BCUT2D eigenvalue weighted by Crippen LogP contribution is 2.26. The van der Waals surface area contributed by atoms with Gasteiger partial charge in [0.15, 0.2) is 0 Å². The van der Waals surface area contributed by atoms with Crippen LogP contribution in [0.5, 0.6) is 0 Å². The molecule has 0 aromatic carbocycles. The highest BCUT2D eigenvalue weighted by molar-refractivity contribution is 7.19. The first-order valence-corrected chi connectivity index (χ1v) is 4.73. The van der Waals surface area contributed by atoms with E-state index < -0.39 is 0 Å². The molecule has 0 saturated heterocycles. The molecule has 2 aromatic rings. The van der Waals surface area contributed by atoms with E-state index in [4.69, 9.17) is 5.11 Å². The van der Waals surface area contributed by atoms with E-state index in [0.29, 0.717) is 0 Å². The van der Waals surface area contributed by atoms with Crippen LogP contribution in [0.4, 0.5) is 0 Å². The summed E-state index contributed by atoms with van der Waals surface area (Å²) in [5.41, 5.74) is 2.13. The fourth-order valence-electron chi connectivity index (χ4n) is 1.23. The first-order chi connectivity index (χ1) is 5.85. The van der Waals surface area contributed by atoms with Gasteiger partial charge in [0.25, 0.3) is 0 Å². The Balaban J connectivity index is 2.60. The molecule has 12 heavy (non-hydrogen) atoms. The Morgan fingerprint density at radius 1 is 1.67 bits per heavy atom. The predicted octanol–water partition coefficient (Wildman–Crippen LogP) is 1.68. The molecule has 2 aromatic heterocycles. The molecule has 64 valence electrons. The maximum absolute atomic E-state index is 8.89. The normalized spacial score (nSPS) is 11.2. The minimum Gasteiger partial charge on any atom is -0.391 e. The number of aliphatic hydroxyl groups excluding tert-OH is 1.